The van der Waals surface area contributed by atoms with Gasteiger partial charge in [0.05, 0.1) is 5.69 Å². The Kier molecular flexibility index (Phi) is 5.33. The predicted molar refractivity (Wildman–Crippen MR) is 174 cm³/mol. The van der Waals surface area contributed by atoms with Crippen LogP contribution in [0.3, 0.4) is 0 Å². The van der Waals surface area contributed by atoms with Gasteiger partial charge in [0.2, 0.25) is 0 Å². The standard InChI is InChI=1S/C38H26NP/c1-40-35-21-10-9-14-27(35)32-19-11-20-33(38(32)40)37-30-17-7-5-15-28(30)36(29-16-6-8-18-31(29)37)26-22-23-34(39-24-26)25-12-3-2-4-13-25/h2-24H,1H3. The normalized spacial score (nSPS) is 12.1. The molecule has 2 heterocycles. The van der Waals surface area contributed by atoms with Crippen LogP contribution in [-0.2, 0) is 6.66 Å². The molecule has 1 nitrogen and oxygen atoms in total. The number of benzene rings is 6. The minimum atomic E-state index is -0.439. The number of fused-ring (bicyclic) bond motifs is 5. The minimum Gasteiger partial charge on any atom is -0.256 e. The lowest BCUT2D eigenvalue weighted by atomic mass is 9.86. The van der Waals surface area contributed by atoms with E-state index in [-0.39, 0.29) is 0 Å². The highest BCUT2D eigenvalue weighted by atomic mass is 31.1. The van der Waals surface area contributed by atoms with E-state index in [1.165, 1.54) is 59.2 Å². The van der Waals surface area contributed by atoms with Crippen LogP contribution < -0.4 is 0 Å². The van der Waals surface area contributed by atoms with Crippen LogP contribution in [0.25, 0.3) is 76.1 Å². The SMILES string of the molecule is Cp1c2ccccc2c2cccc(-c3c4ccccc4c(-c4ccc(-c5ccccc5)nc4)c4ccccc34)c21. The van der Waals surface area contributed by atoms with E-state index in [9.17, 15) is 0 Å². The minimum absolute atomic E-state index is 0.439. The van der Waals surface area contributed by atoms with Crippen LogP contribution in [0.1, 0.15) is 0 Å². The van der Waals surface area contributed by atoms with Crippen molar-refractivity contribution in [1.82, 2.24) is 4.98 Å². The summed E-state index contributed by atoms with van der Waals surface area (Å²) in [6, 6.07) is 48.4. The number of hydrogen-bond donors (Lipinski definition) is 0. The number of aromatic nitrogens is 1. The molecule has 1 atom stereocenters. The average Bonchev–Trinajstić information content (AvgIpc) is 3.32. The molecule has 0 fully saturated rings. The van der Waals surface area contributed by atoms with Gasteiger partial charge >= 0.3 is 0 Å². The van der Waals surface area contributed by atoms with Crippen LogP contribution in [0.2, 0.25) is 0 Å². The molecule has 2 aromatic heterocycles. The summed E-state index contributed by atoms with van der Waals surface area (Å²) in [5.41, 5.74) is 7.21. The monoisotopic (exact) mass is 527 g/mol. The summed E-state index contributed by atoms with van der Waals surface area (Å²) in [4.78, 5) is 4.90. The molecule has 2 heteroatoms. The van der Waals surface area contributed by atoms with E-state index in [0.717, 1.165) is 16.8 Å². The van der Waals surface area contributed by atoms with E-state index in [1.54, 1.807) is 0 Å². The average molecular weight is 528 g/mol. The molecule has 1 unspecified atom stereocenters. The largest absolute Gasteiger partial charge is 0.256 e. The fourth-order valence-corrected chi connectivity index (χ4v) is 8.70. The third-order valence-electron chi connectivity index (χ3n) is 8.25. The summed E-state index contributed by atoms with van der Waals surface area (Å²) >= 11 is 0. The van der Waals surface area contributed by atoms with Crippen molar-refractivity contribution in [3.05, 3.63) is 140 Å². The maximum absolute atomic E-state index is 4.90. The van der Waals surface area contributed by atoms with Gasteiger partial charge in [-0.2, -0.15) is 0 Å². The predicted octanol–water partition coefficient (Wildman–Crippen LogP) is 11.2. The van der Waals surface area contributed by atoms with Crippen molar-refractivity contribution >= 4 is 50.1 Å². The van der Waals surface area contributed by atoms with E-state index < -0.39 is 7.53 Å². The van der Waals surface area contributed by atoms with Crippen LogP contribution >= 0.6 is 7.53 Å². The summed E-state index contributed by atoms with van der Waals surface area (Å²) in [7, 11) is -0.439. The Morgan fingerprint density at radius 3 is 1.68 bits per heavy atom. The third-order valence-corrected chi connectivity index (χ3v) is 10.5. The Morgan fingerprint density at radius 1 is 0.450 bits per heavy atom. The highest BCUT2D eigenvalue weighted by molar-refractivity contribution is 7.60. The summed E-state index contributed by atoms with van der Waals surface area (Å²) in [5.74, 6) is 0. The van der Waals surface area contributed by atoms with Gasteiger partial charge in [0.1, 0.15) is 0 Å². The van der Waals surface area contributed by atoms with Crippen LogP contribution in [-0.4, -0.2) is 4.98 Å². The number of hydrogen-bond acceptors (Lipinski definition) is 1. The number of rotatable bonds is 3. The van der Waals surface area contributed by atoms with Crippen molar-refractivity contribution in [3.63, 3.8) is 0 Å². The first-order chi connectivity index (χ1) is 19.8. The van der Waals surface area contributed by atoms with Crippen molar-refractivity contribution in [1.29, 1.82) is 0 Å². The second kappa shape index (κ2) is 9.19. The van der Waals surface area contributed by atoms with Crippen molar-refractivity contribution in [2.24, 2.45) is 6.66 Å². The zero-order valence-electron chi connectivity index (χ0n) is 22.2. The van der Waals surface area contributed by atoms with E-state index in [4.69, 9.17) is 4.98 Å². The molecule has 0 aliphatic carbocycles. The third kappa shape index (κ3) is 3.45. The Balaban J connectivity index is 1.45. The lowest BCUT2D eigenvalue weighted by Crippen LogP contribution is -1.92. The molecular weight excluding hydrogens is 501 g/mol. The molecule has 40 heavy (non-hydrogen) atoms. The van der Waals surface area contributed by atoms with Crippen LogP contribution in [0.15, 0.2) is 140 Å². The molecule has 188 valence electrons. The van der Waals surface area contributed by atoms with Gasteiger partial charge in [0, 0.05) is 27.6 Å². The van der Waals surface area contributed by atoms with E-state index in [0.29, 0.717) is 0 Å². The maximum Gasteiger partial charge on any atom is 0.0702 e. The number of pyridine rings is 1. The van der Waals surface area contributed by atoms with Crippen LogP contribution in [0.4, 0.5) is 0 Å². The summed E-state index contributed by atoms with van der Waals surface area (Å²) < 4.78 is 0. The highest BCUT2D eigenvalue weighted by Gasteiger charge is 2.20. The van der Waals surface area contributed by atoms with Crippen molar-refractivity contribution < 1.29 is 0 Å². The van der Waals surface area contributed by atoms with Crippen LogP contribution in [0, 0.1) is 0 Å². The summed E-state index contributed by atoms with van der Waals surface area (Å²) in [6.07, 6.45) is 2.04. The molecule has 8 rings (SSSR count). The Hall–Kier alpha value is -4.71. The zero-order chi connectivity index (χ0) is 26.6. The second-order valence-corrected chi connectivity index (χ2v) is 12.5. The molecule has 0 bridgehead atoms. The fourth-order valence-electron chi connectivity index (χ4n) is 6.49. The van der Waals surface area contributed by atoms with Gasteiger partial charge in [-0.15, -0.1) is 7.53 Å². The van der Waals surface area contributed by atoms with Crippen molar-refractivity contribution in [2.45, 2.75) is 0 Å². The maximum atomic E-state index is 4.90. The van der Waals surface area contributed by atoms with E-state index in [1.807, 2.05) is 12.3 Å². The fraction of sp³-hybridized carbons (Fsp3) is 0.0263. The number of nitrogens with zero attached hydrogens (tertiary/aromatic N) is 1. The van der Waals surface area contributed by atoms with Crippen molar-refractivity contribution in [2.75, 3.05) is 0 Å². The molecule has 0 spiro atoms. The smallest absolute Gasteiger partial charge is 0.0702 e. The van der Waals surface area contributed by atoms with Gasteiger partial charge in [-0.05, 0) is 61.7 Å². The van der Waals surface area contributed by atoms with Gasteiger partial charge in [-0.1, -0.05) is 127 Å². The summed E-state index contributed by atoms with van der Waals surface area (Å²) in [6.45, 7) is 2.42. The van der Waals surface area contributed by atoms with E-state index >= 15 is 0 Å². The van der Waals surface area contributed by atoms with Gasteiger partial charge in [-0.3, -0.25) is 4.98 Å². The Bertz CT molecular complexity index is 2150. The number of aryl methyl sites for hydroxylation is 1. The Morgan fingerprint density at radius 2 is 1.02 bits per heavy atom. The molecule has 0 aliphatic heterocycles. The molecular formula is C38H26NP. The first-order valence-electron chi connectivity index (χ1n) is 13.7. The Labute approximate surface area is 234 Å². The molecule has 0 radical (unpaired) electrons. The molecule has 0 aliphatic rings. The molecule has 0 saturated heterocycles. The first kappa shape index (κ1) is 23.2. The van der Waals surface area contributed by atoms with Gasteiger partial charge in [0.15, 0.2) is 0 Å². The lowest BCUT2D eigenvalue weighted by molar-refractivity contribution is 1.33. The van der Waals surface area contributed by atoms with Crippen molar-refractivity contribution in [3.8, 4) is 33.5 Å². The molecule has 8 aromatic rings. The highest BCUT2D eigenvalue weighted by Crippen LogP contribution is 2.53. The summed E-state index contributed by atoms with van der Waals surface area (Å²) in [5, 5.41) is 10.9. The molecule has 0 amide bonds. The topological polar surface area (TPSA) is 12.9 Å². The zero-order valence-corrected chi connectivity index (χ0v) is 23.1. The molecule has 0 N–H and O–H groups in total. The molecule has 6 aromatic carbocycles. The van der Waals surface area contributed by atoms with Gasteiger partial charge in [0.25, 0.3) is 0 Å². The molecule has 0 saturated carbocycles. The van der Waals surface area contributed by atoms with Crippen LogP contribution in [0.5, 0.6) is 0 Å². The lowest BCUT2D eigenvalue weighted by Gasteiger charge is -2.18. The van der Waals surface area contributed by atoms with Gasteiger partial charge in [-0.25, -0.2) is 0 Å². The second-order valence-electron chi connectivity index (χ2n) is 10.4. The quantitative estimate of drug-likeness (QED) is 0.208. The first-order valence-corrected chi connectivity index (χ1v) is 15.5. The van der Waals surface area contributed by atoms with E-state index in [2.05, 4.69) is 134 Å². The van der Waals surface area contributed by atoms with Gasteiger partial charge < -0.3 is 0 Å².